The van der Waals surface area contributed by atoms with Gasteiger partial charge in [0.1, 0.15) is 11.5 Å². The van der Waals surface area contributed by atoms with Crippen molar-refractivity contribution in [2.45, 2.75) is 6.92 Å². The second-order valence-corrected chi connectivity index (χ2v) is 5.13. The first kappa shape index (κ1) is 13.8. The number of aromatic nitrogens is 3. The van der Waals surface area contributed by atoms with E-state index in [2.05, 4.69) is 15.3 Å². The van der Waals surface area contributed by atoms with Crippen LogP contribution in [0.15, 0.2) is 45.9 Å². The minimum atomic E-state index is 0.379. The van der Waals surface area contributed by atoms with Crippen molar-refractivity contribution in [3.63, 3.8) is 0 Å². The van der Waals surface area contributed by atoms with E-state index < -0.39 is 0 Å². The maximum Gasteiger partial charge on any atom is 0.216 e. The Morgan fingerprint density at radius 2 is 2.14 bits per heavy atom. The second kappa shape index (κ2) is 5.67. The van der Waals surface area contributed by atoms with E-state index in [-0.39, 0.29) is 0 Å². The molecule has 1 N–H and O–H groups in total. The molecule has 0 bridgehead atoms. The number of nitrogens with one attached hydrogen (secondary N) is 1. The monoisotopic (exact) mass is 318 g/mol. The van der Waals surface area contributed by atoms with Gasteiger partial charge in [-0.25, -0.2) is 5.10 Å². The van der Waals surface area contributed by atoms with Gasteiger partial charge < -0.3 is 4.42 Å². The van der Waals surface area contributed by atoms with Gasteiger partial charge in [-0.3, -0.25) is 0 Å². The number of H-pyrrole nitrogens is 1. The summed E-state index contributed by atoms with van der Waals surface area (Å²) in [5.74, 6) is 2.00. The Kier molecular flexibility index (Phi) is 3.72. The summed E-state index contributed by atoms with van der Waals surface area (Å²) >= 11 is 11.4. The number of hydrogen-bond donors (Lipinski definition) is 1. The third kappa shape index (κ3) is 2.81. The molecule has 3 rings (SSSR count). The van der Waals surface area contributed by atoms with E-state index >= 15 is 0 Å². The van der Waals surface area contributed by atoms with E-state index in [0.717, 1.165) is 11.3 Å². The Balaban J connectivity index is 2.04. The molecule has 0 saturated heterocycles. The first-order chi connectivity index (χ1) is 10.1. The number of furan rings is 1. The molecule has 0 atom stereocenters. The number of halogens is 1. The van der Waals surface area contributed by atoms with Crippen molar-refractivity contribution >= 4 is 30.0 Å². The van der Waals surface area contributed by atoms with Crippen molar-refractivity contribution in [3.05, 3.63) is 57.7 Å². The highest BCUT2D eigenvalue weighted by Gasteiger charge is 2.11. The minimum Gasteiger partial charge on any atom is -0.460 e. The first-order valence-electron chi connectivity index (χ1n) is 6.18. The number of hydrogen-bond acceptors (Lipinski definition) is 4. The summed E-state index contributed by atoms with van der Waals surface area (Å²) in [4.78, 5) is 0. The van der Waals surface area contributed by atoms with Crippen molar-refractivity contribution in [1.29, 1.82) is 0 Å². The van der Waals surface area contributed by atoms with Crippen LogP contribution < -0.4 is 0 Å². The van der Waals surface area contributed by atoms with Gasteiger partial charge in [-0.15, -0.1) is 0 Å². The van der Waals surface area contributed by atoms with Crippen molar-refractivity contribution in [3.8, 4) is 11.4 Å². The number of nitrogens with zero attached hydrogens (tertiary/aromatic N) is 3. The van der Waals surface area contributed by atoms with Gasteiger partial charge in [0.2, 0.25) is 4.77 Å². The molecular weight excluding hydrogens is 308 g/mol. The van der Waals surface area contributed by atoms with E-state index in [1.54, 1.807) is 12.3 Å². The molecule has 0 aliphatic carbocycles. The summed E-state index contributed by atoms with van der Waals surface area (Å²) in [6, 6.07) is 11.1. The van der Waals surface area contributed by atoms with E-state index in [0.29, 0.717) is 21.4 Å². The molecule has 1 aromatic carbocycles. The zero-order valence-corrected chi connectivity index (χ0v) is 12.6. The molecule has 21 heavy (non-hydrogen) atoms. The molecule has 0 unspecified atom stereocenters. The van der Waals surface area contributed by atoms with Gasteiger partial charge in [0.25, 0.3) is 0 Å². The van der Waals surface area contributed by atoms with Crippen LogP contribution in [0.25, 0.3) is 11.4 Å². The molecule has 0 fully saturated rings. The van der Waals surface area contributed by atoms with Gasteiger partial charge in [-0.2, -0.15) is 14.9 Å². The third-order valence-corrected chi connectivity index (χ3v) is 3.42. The smallest absolute Gasteiger partial charge is 0.216 e. The number of benzene rings is 1. The third-order valence-electron chi connectivity index (χ3n) is 2.83. The summed E-state index contributed by atoms with van der Waals surface area (Å²) < 4.78 is 7.33. The molecule has 2 aromatic heterocycles. The predicted molar refractivity (Wildman–Crippen MR) is 84.3 cm³/mol. The van der Waals surface area contributed by atoms with Crippen LogP contribution in [0.2, 0.25) is 5.02 Å². The van der Waals surface area contributed by atoms with Crippen LogP contribution in [0.4, 0.5) is 0 Å². The summed E-state index contributed by atoms with van der Waals surface area (Å²) in [7, 11) is 0. The highest BCUT2D eigenvalue weighted by atomic mass is 35.5. The molecule has 5 nitrogen and oxygen atoms in total. The largest absolute Gasteiger partial charge is 0.460 e. The molecule has 0 amide bonds. The van der Waals surface area contributed by atoms with Crippen LogP contribution >= 0.6 is 23.8 Å². The van der Waals surface area contributed by atoms with Gasteiger partial charge in [0, 0.05) is 5.56 Å². The second-order valence-electron chi connectivity index (χ2n) is 4.34. The lowest BCUT2D eigenvalue weighted by atomic mass is 10.2. The van der Waals surface area contributed by atoms with Gasteiger partial charge in [0.15, 0.2) is 5.82 Å². The molecular formula is C14H11ClN4OS. The van der Waals surface area contributed by atoms with Gasteiger partial charge in [0.05, 0.1) is 11.2 Å². The molecule has 2 heterocycles. The van der Waals surface area contributed by atoms with Crippen molar-refractivity contribution < 1.29 is 4.42 Å². The highest BCUT2D eigenvalue weighted by Crippen LogP contribution is 2.25. The molecule has 0 saturated carbocycles. The minimum absolute atomic E-state index is 0.379. The standard InChI is InChI=1S/C14H11ClN4OS/c1-9-6-7-10(20-9)8-16-19-13(17-18-14(19)21)11-4-2-3-5-12(11)15/h2-8H,1H3,(H,18,21). The average Bonchev–Trinajstić information content (AvgIpc) is 3.04. The van der Waals surface area contributed by atoms with E-state index in [1.807, 2.05) is 37.3 Å². The van der Waals surface area contributed by atoms with E-state index in [4.69, 9.17) is 28.2 Å². The normalized spacial score (nSPS) is 11.3. The van der Waals surface area contributed by atoms with Crippen molar-refractivity contribution in [1.82, 2.24) is 14.9 Å². The maximum atomic E-state index is 6.19. The van der Waals surface area contributed by atoms with Crippen LogP contribution in [0.3, 0.4) is 0 Å². The zero-order valence-electron chi connectivity index (χ0n) is 11.1. The van der Waals surface area contributed by atoms with Crippen LogP contribution in [0.1, 0.15) is 11.5 Å². The Morgan fingerprint density at radius 3 is 2.86 bits per heavy atom. The van der Waals surface area contributed by atoms with Crippen LogP contribution in [0.5, 0.6) is 0 Å². The molecule has 7 heteroatoms. The quantitative estimate of drug-likeness (QED) is 0.585. The lowest BCUT2D eigenvalue weighted by Gasteiger charge is -2.02. The lowest BCUT2D eigenvalue weighted by Crippen LogP contribution is -1.95. The fourth-order valence-electron chi connectivity index (χ4n) is 1.85. The molecule has 0 radical (unpaired) electrons. The lowest BCUT2D eigenvalue weighted by molar-refractivity contribution is 0.527. The highest BCUT2D eigenvalue weighted by molar-refractivity contribution is 7.71. The molecule has 0 aliphatic heterocycles. The summed E-state index contributed by atoms with van der Waals surface area (Å²) in [5, 5.41) is 11.8. The van der Waals surface area contributed by atoms with Gasteiger partial charge in [-0.05, 0) is 43.4 Å². The van der Waals surface area contributed by atoms with Gasteiger partial charge in [-0.1, -0.05) is 23.7 Å². The Labute approximate surface area is 130 Å². The zero-order chi connectivity index (χ0) is 14.8. The van der Waals surface area contributed by atoms with E-state index in [1.165, 1.54) is 4.68 Å². The molecule has 0 spiro atoms. The summed E-state index contributed by atoms with van der Waals surface area (Å²) in [5.41, 5.74) is 0.749. The first-order valence-corrected chi connectivity index (χ1v) is 6.97. The molecule has 3 aromatic rings. The average molecular weight is 319 g/mol. The van der Waals surface area contributed by atoms with Crippen LogP contribution in [-0.4, -0.2) is 21.1 Å². The maximum absolute atomic E-state index is 6.19. The van der Waals surface area contributed by atoms with Gasteiger partial charge >= 0.3 is 0 Å². The fraction of sp³-hybridized carbons (Fsp3) is 0.0714. The summed E-state index contributed by atoms with van der Waals surface area (Å²) in [6.07, 6.45) is 1.58. The Bertz CT molecular complexity index is 862. The van der Waals surface area contributed by atoms with Crippen LogP contribution in [0, 0.1) is 11.7 Å². The number of rotatable bonds is 3. The Morgan fingerprint density at radius 1 is 1.33 bits per heavy atom. The fourth-order valence-corrected chi connectivity index (χ4v) is 2.25. The molecule has 106 valence electrons. The van der Waals surface area contributed by atoms with Crippen LogP contribution in [-0.2, 0) is 0 Å². The number of aryl methyl sites for hydroxylation is 1. The SMILES string of the molecule is Cc1ccc(C=Nn2c(-c3ccccc3Cl)n[nH]c2=S)o1. The topological polar surface area (TPSA) is 59.1 Å². The predicted octanol–water partition coefficient (Wildman–Crippen LogP) is 4.04. The number of aromatic amines is 1. The van der Waals surface area contributed by atoms with E-state index in [9.17, 15) is 0 Å². The summed E-state index contributed by atoms with van der Waals surface area (Å²) in [6.45, 7) is 1.87. The Hall–Kier alpha value is -2.18. The van der Waals surface area contributed by atoms with Crippen molar-refractivity contribution in [2.75, 3.05) is 0 Å². The van der Waals surface area contributed by atoms with Crippen molar-refractivity contribution in [2.24, 2.45) is 5.10 Å². The molecule has 0 aliphatic rings.